The summed E-state index contributed by atoms with van der Waals surface area (Å²) in [7, 11) is 3.21. The molecule has 7 heteroatoms. The molecule has 2 N–H and O–H groups in total. The molecular formula is C19H29IN4O2. The van der Waals surface area contributed by atoms with Crippen molar-refractivity contribution in [3.05, 3.63) is 29.8 Å². The number of guanidine groups is 1. The number of carbonyl (C=O) groups excluding carboxylic acids is 1. The molecule has 1 aromatic rings. The maximum absolute atomic E-state index is 11.2. The smallest absolute Gasteiger partial charge is 0.411 e. The fraction of sp³-hybridized carbons (Fsp3) is 0.579. The standard InChI is InChI=1S/C19H28N4O2.HI/c1-20-18(23-12-15-5-3-4-6-16(15)13-23)21-11-14-7-9-17(10-8-14)22-19(24)25-2;/h7-10,15-16H,3-6,11-13H2,1-2H3,(H,20,21)(H,22,24);1H. The van der Waals surface area contributed by atoms with Gasteiger partial charge in [0.25, 0.3) is 0 Å². The monoisotopic (exact) mass is 472 g/mol. The Hall–Kier alpha value is -1.51. The van der Waals surface area contributed by atoms with Gasteiger partial charge in [0, 0.05) is 32.4 Å². The molecule has 0 aromatic heterocycles. The lowest BCUT2D eigenvalue weighted by atomic mass is 9.82. The molecule has 1 aliphatic heterocycles. The molecule has 1 aromatic carbocycles. The topological polar surface area (TPSA) is 66.0 Å². The van der Waals surface area contributed by atoms with Gasteiger partial charge in [0.2, 0.25) is 0 Å². The van der Waals surface area contributed by atoms with Crippen molar-refractivity contribution in [2.75, 3.05) is 32.6 Å². The van der Waals surface area contributed by atoms with E-state index in [0.29, 0.717) is 0 Å². The number of aliphatic imine (C=N–C) groups is 1. The Labute approximate surface area is 172 Å². The molecule has 1 amide bonds. The number of amides is 1. The van der Waals surface area contributed by atoms with E-state index in [1.807, 2.05) is 31.3 Å². The van der Waals surface area contributed by atoms with Crippen LogP contribution in [0.25, 0.3) is 0 Å². The van der Waals surface area contributed by atoms with Crippen LogP contribution in [-0.4, -0.2) is 44.2 Å². The van der Waals surface area contributed by atoms with Gasteiger partial charge in [0.1, 0.15) is 0 Å². The average Bonchev–Trinajstić information content (AvgIpc) is 3.07. The first-order chi connectivity index (χ1) is 12.2. The Kier molecular flexibility index (Phi) is 7.99. The van der Waals surface area contributed by atoms with E-state index >= 15 is 0 Å². The van der Waals surface area contributed by atoms with Gasteiger partial charge in [-0.1, -0.05) is 25.0 Å². The molecule has 0 bridgehead atoms. The van der Waals surface area contributed by atoms with E-state index in [4.69, 9.17) is 0 Å². The van der Waals surface area contributed by atoms with Crippen LogP contribution in [0.2, 0.25) is 0 Å². The number of likely N-dealkylation sites (tertiary alicyclic amines) is 1. The van der Waals surface area contributed by atoms with Gasteiger partial charge in [-0.15, -0.1) is 24.0 Å². The van der Waals surface area contributed by atoms with Crippen molar-refractivity contribution < 1.29 is 9.53 Å². The van der Waals surface area contributed by atoms with Gasteiger partial charge in [0.05, 0.1) is 7.11 Å². The summed E-state index contributed by atoms with van der Waals surface area (Å²) < 4.78 is 4.59. The lowest BCUT2D eigenvalue weighted by molar-refractivity contribution is 0.187. The second-order valence-electron chi connectivity index (χ2n) is 6.92. The van der Waals surface area contributed by atoms with Crippen molar-refractivity contribution in [1.82, 2.24) is 10.2 Å². The lowest BCUT2D eigenvalue weighted by Gasteiger charge is -2.22. The Balaban J connectivity index is 0.00000243. The molecule has 0 spiro atoms. The van der Waals surface area contributed by atoms with E-state index < -0.39 is 6.09 Å². The van der Waals surface area contributed by atoms with E-state index in [1.165, 1.54) is 32.8 Å². The highest BCUT2D eigenvalue weighted by Gasteiger charge is 2.35. The molecule has 1 saturated heterocycles. The normalized spacial score (nSPS) is 22.2. The highest BCUT2D eigenvalue weighted by atomic mass is 127. The summed E-state index contributed by atoms with van der Waals surface area (Å²) in [5.41, 5.74) is 1.87. The van der Waals surface area contributed by atoms with Crippen LogP contribution in [0.5, 0.6) is 0 Å². The number of ether oxygens (including phenoxy) is 1. The summed E-state index contributed by atoms with van der Waals surface area (Å²) in [5, 5.41) is 6.13. The van der Waals surface area contributed by atoms with Gasteiger partial charge < -0.3 is 15.0 Å². The molecule has 2 atom stereocenters. The summed E-state index contributed by atoms with van der Waals surface area (Å²) in [6, 6.07) is 7.74. The fourth-order valence-electron chi connectivity index (χ4n) is 3.97. The number of rotatable bonds is 3. The molecule has 2 unspecified atom stereocenters. The van der Waals surface area contributed by atoms with Crippen molar-refractivity contribution >= 4 is 41.7 Å². The van der Waals surface area contributed by atoms with Gasteiger partial charge in [0.15, 0.2) is 5.96 Å². The van der Waals surface area contributed by atoms with Crippen LogP contribution in [0.4, 0.5) is 10.5 Å². The minimum Gasteiger partial charge on any atom is -0.453 e. The van der Waals surface area contributed by atoms with Crippen molar-refractivity contribution in [2.24, 2.45) is 16.8 Å². The largest absolute Gasteiger partial charge is 0.453 e. The highest BCUT2D eigenvalue weighted by Crippen LogP contribution is 2.35. The number of benzene rings is 1. The number of hydrogen-bond acceptors (Lipinski definition) is 3. The number of nitrogens with one attached hydrogen (secondary N) is 2. The third kappa shape index (κ3) is 5.25. The van der Waals surface area contributed by atoms with Crippen molar-refractivity contribution in [3.8, 4) is 0 Å². The van der Waals surface area contributed by atoms with Crippen LogP contribution >= 0.6 is 24.0 Å². The Morgan fingerprint density at radius 3 is 2.35 bits per heavy atom. The van der Waals surface area contributed by atoms with E-state index in [-0.39, 0.29) is 24.0 Å². The first-order valence-corrected chi connectivity index (χ1v) is 9.09. The predicted molar refractivity (Wildman–Crippen MR) is 115 cm³/mol. The highest BCUT2D eigenvalue weighted by molar-refractivity contribution is 14.0. The Morgan fingerprint density at radius 2 is 1.81 bits per heavy atom. The second-order valence-corrected chi connectivity index (χ2v) is 6.92. The van der Waals surface area contributed by atoms with Gasteiger partial charge >= 0.3 is 6.09 Å². The van der Waals surface area contributed by atoms with E-state index in [2.05, 4.69) is 25.3 Å². The second kappa shape index (κ2) is 9.99. The third-order valence-corrected chi connectivity index (χ3v) is 5.32. The number of carbonyl (C=O) groups is 1. The number of anilines is 1. The molecule has 1 aliphatic carbocycles. The maximum atomic E-state index is 11.2. The van der Waals surface area contributed by atoms with Gasteiger partial charge in [-0.2, -0.15) is 0 Å². The zero-order valence-corrected chi connectivity index (χ0v) is 17.9. The molecule has 0 radical (unpaired) electrons. The Bertz CT molecular complexity index is 606. The van der Waals surface area contributed by atoms with Gasteiger partial charge in [-0.25, -0.2) is 4.79 Å². The van der Waals surface area contributed by atoms with Crippen LogP contribution in [0.15, 0.2) is 29.3 Å². The van der Waals surface area contributed by atoms with E-state index in [9.17, 15) is 4.79 Å². The maximum Gasteiger partial charge on any atom is 0.411 e. The van der Waals surface area contributed by atoms with Crippen molar-refractivity contribution in [2.45, 2.75) is 32.2 Å². The Morgan fingerprint density at radius 1 is 1.19 bits per heavy atom. The molecule has 1 heterocycles. The van der Waals surface area contributed by atoms with Crippen LogP contribution in [0, 0.1) is 11.8 Å². The summed E-state index contributed by atoms with van der Waals surface area (Å²) in [6.45, 7) is 2.98. The molecule has 2 aliphatic rings. The zero-order chi connectivity index (χ0) is 17.6. The number of fused-ring (bicyclic) bond motifs is 1. The molecule has 26 heavy (non-hydrogen) atoms. The van der Waals surface area contributed by atoms with Gasteiger partial charge in [-0.05, 0) is 42.4 Å². The molecular weight excluding hydrogens is 443 g/mol. The predicted octanol–water partition coefficient (Wildman–Crippen LogP) is 3.68. The molecule has 1 saturated carbocycles. The number of halogens is 1. The number of nitrogens with zero attached hydrogens (tertiary/aromatic N) is 2. The van der Waals surface area contributed by atoms with Crippen molar-refractivity contribution in [1.29, 1.82) is 0 Å². The quantitative estimate of drug-likeness (QED) is 0.400. The average molecular weight is 472 g/mol. The summed E-state index contributed by atoms with van der Waals surface area (Å²) in [5.74, 6) is 2.68. The number of hydrogen-bond donors (Lipinski definition) is 2. The summed E-state index contributed by atoms with van der Waals surface area (Å²) in [6.07, 6.45) is 5.04. The van der Waals surface area contributed by atoms with Crippen LogP contribution < -0.4 is 10.6 Å². The number of methoxy groups -OCH3 is 1. The fourth-order valence-corrected chi connectivity index (χ4v) is 3.97. The minimum absolute atomic E-state index is 0. The lowest BCUT2D eigenvalue weighted by Crippen LogP contribution is -2.39. The van der Waals surface area contributed by atoms with Crippen LogP contribution in [0.1, 0.15) is 31.2 Å². The first-order valence-electron chi connectivity index (χ1n) is 9.09. The van der Waals surface area contributed by atoms with Crippen LogP contribution in [-0.2, 0) is 11.3 Å². The molecule has 2 fully saturated rings. The minimum atomic E-state index is -0.457. The van der Waals surface area contributed by atoms with Crippen LogP contribution in [0.3, 0.4) is 0 Å². The molecule has 3 rings (SSSR count). The SMILES string of the molecule is CN=C(NCc1ccc(NC(=O)OC)cc1)N1CC2CCCCC2C1.I. The third-order valence-electron chi connectivity index (χ3n) is 5.32. The molecule has 6 nitrogen and oxygen atoms in total. The summed E-state index contributed by atoms with van der Waals surface area (Å²) in [4.78, 5) is 18.1. The summed E-state index contributed by atoms with van der Waals surface area (Å²) >= 11 is 0. The zero-order valence-electron chi connectivity index (χ0n) is 15.5. The van der Waals surface area contributed by atoms with Crippen molar-refractivity contribution in [3.63, 3.8) is 0 Å². The van der Waals surface area contributed by atoms with Gasteiger partial charge in [-0.3, -0.25) is 10.3 Å². The molecule has 144 valence electrons. The van der Waals surface area contributed by atoms with E-state index in [0.717, 1.165) is 48.7 Å². The van der Waals surface area contributed by atoms with E-state index in [1.54, 1.807) is 0 Å². The first kappa shape index (κ1) is 20.8.